The van der Waals surface area contributed by atoms with Gasteiger partial charge >= 0.3 is 0 Å². The molecule has 10 heteroatoms. The molecule has 154 valence electrons. The number of benzene rings is 1. The van der Waals surface area contributed by atoms with Crippen molar-refractivity contribution in [2.45, 2.75) is 6.54 Å². The van der Waals surface area contributed by atoms with Gasteiger partial charge in [0, 0.05) is 51.9 Å². The number of hydrogen-bond acceptors (Lipinski definition) is 5. The van der Waals surface area contributed by atoms with E-state index in [0.717, 1.165) is 50.4 Å². The van der Waals surface area contributed by atoms with E-state index >= 15 is 0 Å². The fraction of sp³-hybridized carbons (Fsp3) is 0.444. The molecule has 0 aliphatic carbocycles. The Morgan fingerprint density at radius 1 is 1.25 bits per heavy atom. The second-order valence-electron chi connectivity index (χ2n) is 6.15. The molecule has 0 saturated carbocycles. The molecule has 1 saturated heterocycles. The molecule has 1 fully saturated rings. The highest BCUT2D eigenvalue weighted by atomic mass is 127. The van der Waals surface area contributed by atoms with Crippen molar-refractivity contribution in [1.29, 1.82) is 0 Å². The Morgan fingerprint density at radius 3 is 2.68 bits per heavy atom. The molecular weight excluding hydrogens is 483 g/mol. The Hall–Kier alpha value is -1.95. The molecule has 3 rings (SSSR count). The first kappa shape index (κ1) is 22.3. The van der Waals surface area contributed by atoms with Gasteiger partial charge in [0.25, 0.3) is 0 Å². The van der Waals surface area contributed by atoms with Gasteiger partial charge in [0.15, 0.2) is 17.5 Å². The van der Waals surface area contributed by atoms with Gasteiger partial charge in [-0.2, -0.15) is 0 Å². The fourth-order valence-electron chi connectivity index (χ4n) is 2.91. The molecular formula is C18H24F2IN5O2. The smallest absolute Gasteiger partial charge is 0.193 e. The molecule has 1 aliphatic rings. The summed E-state index contributed by atoms with van der Waals surface area (Å²) in [6, 6.07) is 5.13. The van der Waals surface area contributed by atoms with Crippen molar-refractivity contribution in [2.75, 3.05) is 46.4 Å². The Labute approximate surface area is 179 Å². The maximum absolute atomic E-state index is 13.5. The van der Waals surface area contributed by atoms with Crippen LogP contribution in [0.1, 0.15) is 5.69 Å². The molecule has 0 unspecified atom stereocenters. The van der Waals surface area contributed by atoms with Gasteiger partial charge in [0.2, 0.25) is 0 Å². The number of nitrogens with zero attached hydrogens (tertiary/aromatic N) is 4. The van der Waals surface area contributed by atoms with Crippen LogP contribution in [0.15, 0.2) is 40.0 Å². The zero-order chi connectivity index (χ0) is 19.1. The predicted molar refractivity (Wildman–Crippen MR) is 112 cm³/mol. The SMILES string of the molecule is CN=C(NCCOc1ccc(F)cc1F)N1CCN(Cc2ccon2)CC1.I. The first-order chi connectivity index (χ1) is 13.2. The van der Waals surface area contributed by atoms with Gasteiger partial charge in [0.1, 0.15) is 18.7 Å². The maximum atomic E-state index is 13.5. The van der Waals surface area contributed by atoms with Gasteiger partial charge < -0.3 is 19.5 Å². The van der Waals surface area contributed by atoms with Crippen molar-refractivity contribution >= 4 is 29.9 Å². The summed E-state index contributed by atoms with van der Waals surface area (Å²) < 4.78 is 36.6. The quantitative estimate of drug-likeness (QED) is 0.281. The van der Waals surface area contributed by atoms with Crippen molar-refractivity contribution < 1.29 is 18.0 Å². The summed E-state index contributed by atoms with van der Waals surface area (Å²) in [6.45, 7) is 4.94. The average molecular weight is 507 g/mol. The number of rotatable bonds is 6. The standard InChI is InChI=1S/C18H23F2N5O2.HI/c1-21-18(22-5-11-26-17-3-2-14(19)12-16(17)20)25-8-6-24(7-9-25)13-15-4-10-27-23-15;/h2-4,10,12H,5-9,11,13H2,1H3,(H,21,22);1H. The Bertz CT molecular complexity index is 752. The number of aliphatic imine (C=N–C) groups is 1. The minimum Gasteiger partial charge on any atom is -0.489 e. The highest BCUT2D eigenvalue weighted by molar-refractivity contribution is 14.0. The van der Waals surface area contributed by atoms with Crippen molar-refractivity contribution in [3.8, 4) is 5.75 Å². The molecule has 2 aromatic rings. The summed E-state index contributed by atoms with van der Waals surface area (Å²) >= 11 is 0. The molecule has 0 amide bonds. The molecule has 1 N–H and O–H groups in total. The van der Waals surface area contributed by atoms with E-state index in [1.54, 1.807) is 13.3 Å². The van der Waals surface area contributed by atoms with E-state index in [1.165, 1.54) is 12.1 Å². The lowest BCUT2D eigenvalue weighted by Crippen LogP contribution is -2.52. The van der Waals surface area contributed by atoms with Crippen LogP contribution in [0.3, 0.4) is 0 Å². The van der Waals surface area contributed by atoms with Crippen LogP contribution in [-0.2, 0) is 6.54 Å². The highest BCUT2D eigenvalue weighted by Crippen LogP contribution is 2.17. The van der Waals surface area contributed by atoms with Gasteiger partial charge in [-0.05, 0) is 12.1 Å². The first-order valence-electron chi connectivity index (χ1n) is 8.81. The lowest BCUT2D eigenvalue weighted by molar-refractivity contribution is 0.168. The third-order valence-corrected chi connectivity index (χ3v) is 4.30. The maximum Gasteiger partial charge on any atom is 0.193 e. The van der Waals surface area contributed by atoms with Gasteiger partial charge in [0.05, 0.1) is 12.2 Å². The third kappa shape index (κ3) is 6.30. The van der Waals surface area contributed by atoms with Crippen molar-refractivity contribution in [3.63, 3.8) is 0 Å². The van der Waals surface area contributed by atoms with Crippen LogP contribution in [0, 0.1) is 11.6 Å². The summed E-state index contributed by atoms with van der Waals surface area (Å²) in [7, 11) is 1.73. The number of hydrogen-bond donors (Lipinski definition) is 1. The second kappa shape index (κ2) is 11.1. The van der Waals surface area contributed by atoms with E-state index in [2.05, 4.69) is 25.3 Å². The largest absolute Gasteiger partial charge is 0.489 e. The van der Waals surface area contributed by atoms with E-state index in [9.17, 15) is 8.78 Å². The molecule has 0 bridgehead atoms. The van der Waals surface area contributed by atoms with Crippen molar-refractivity contribution in [3.05, 3.63) is 47.9 Å². The minimum atomic E-state index is -0.706. The van der Waals surface area contributed by atoms with Crippen LogP contribution < -0.4 is 10.1 Å². The van der Waals surface area contributed by atoms with Crippen LogP contribution >= 0.6 is 24.0 Å². The Balaban J connectivity index is 0.00000280. The van der Waals surface area contributed by atoms with Gasteiger partial charge in [-0.25, -0.2) is 8.78 Å². The number of guanidine groups is 1. The van der Waals surface area contributed by atoms with Gasteiger partial charge in [-0.15, -0.1) is 24.0 Å². The lowest BCUT2D eigenvalue weighted by atomic mass is 10.3. The molecule has 28 heavy (non-hydrogen) atoms. The molecule has 1 aromatic carbocycles. The fourth-order valence-corrected chi connectivity index (χ4v) is 2.91. The highest BCUT2D eigenvalue weighted by Gasteiger charge is 2.20. The number of aromatic nitrogens is 1. The van der Waals surface area contributed by atoms with Crippen LogP contribution in [0.2, 0.25) is 0 Å². The van der Waals surface area contributed by atoms with Gasteiger partial charge in [-0.3, -0.25) is 9.89 Å². The third-order valence-electron chi connectivity index (χ3n) is 4.30. The summed E-state index contributed by atoms with van der Waals surface area (Å²) in [5.41, 5.74) is 0.927. The molecule has 2 heterocycles. The van der Waals surface area contributed by atoms with E-state index in [0.29, 0.717) is 6.54 Å². The van der Waals surface area contributed by atoms with Crippen molar-refractivity contribution in [2.24, 2.45) is 4.99 Å². The average Bonchev–Trinajstić information content (AvgIpc) is 3.17. The molecule has 0 atom stereocenters. The Morgan fingerprint density at radius 2 is 2.04 bits per heavy atom. The Kier molecular flexibility index (Phi) is 8.90. The molecule has 1 aliphatic heterocycles. The van der Waals surface area contributed by atoms with Crippen molar-refractivity contribution in [1.82, 2.24) is 20.3 Å². The molecule has 0 radical (unpaired) electrons. The number of nitrogens with one attached hydrogen (secondary N) is 1. The molecule has 0 spiro atoms. The second-order valence-corrected chi connectivity index (χ2v) is 6.15. The predicted octanol–water partition coefficient (Wildman–Crippen LogP) is 2.34. The van der Waals surface area contributed by atoms with Gasteiger partial charge in [-0.1, -0.05) is 5.16 Å². The lowest BCUT2D eigenvalue weighted by Gasteiger charge is -2.36. The molecule has 1 aromatic heterocycles. The number of halogens is 3. The van der Waals surface area contributed by atoms with E-state index in [1.807, 2.05) is 6.07 Å². The minimum absolute atomic E-state index is 0. The van der Waals surface area contributed by atoms with E-state index in [-0.39, 0.29) is 36.3 Å². The van der Waals surface area contributed by atoms with E-state index in [4.69, 9.17) is 9.26 Å². The normalized spacial score (nSPS) is 15.2. The van der Waals surface area contributed by atoms with Crippen LogP contribution in [0.25, 0.3) is 0 Å². The zero-order valence-electron chi connectivity index (χ0n) is 15.6. The number of piperazine rings is 1. The monoisotopic (exact) mass is 507 g/mol. The molecule has 7 nitrogen and oxygen atoms in total. The summed E-state index contributed by atoms with van der Waals surface area (Å²) in [6.07, 6.45) is 1.58. The van der Waals surface area contributed by atoms with Crippen LogP contribution in [0.5, 0.6) is 5.75 Å². The topological polar surface area (TPSA) is 66.1 Å². The zero-order valence-corrected chi connectivity index (χ0v) is 17.9. The van der Waals surface area contributed by atoms with Crippen LogP contribution in [-0.4, -0.2) is 67.3 Å². The summed E-state index contributed by atoms with van der Waals surface area (Å²) in [4.78, 5) is 8.76. The number of ether oxygens (including phenoxy) is 1. The van der Waals surface area contributed by atoms with E-state index < -0.39 is 11.6 Å². The first-order valence-corrected chi connectivity index (χ1v) is 8.81. The summed E-state index contributed by atoms with van der Waals surface area (Å²) in [5.74, 6) is -0.516. The summed E-state index contributed by atoms with van der Waals surface area (Å²) in [5, 5.41) is 7.15. The van der Waals surface area contributed by atoms with Crippen LogP contribution in [0.4, 0.5) is 8.78 Å².